The highest BCUT2D eigenvalue weighted by atomic mass is 79.9. The van der Waals surface area contributed by atoms with E-state index in [1.807, 2.05) is 0 Å². The number of para-hydroxylation sites is 1. The Morgan fingerprint density at radius 1 is 1.24 bits per heavy atom. The molecule has 2 aromatic heterocycles. The Balaban J connectivity index is 2.00. The SMILES string of the molecule is Fc1cccc(Br)c1Nc1nc(Cl)nc(-n2ccnc2)n1. The normalized spacial score (nSPS) is 10.6. The molecule has 0 amide bonds. The molecule has 0 saturated heterocycles. The van der Waals surface area contributed by atoms with E-state index in [9.17, 15) is 4.39 Å². The minimum Gasteiger partial charge on any atom is -0.321 e. The predicted molar refractivity (Wildman–Crippen MR) is 79.3 cm³/mol. The first-order valence-corrected chi connectivity index (χ1v) is 6.91. The Morgan fingerprint density at radius 2 is 2.10 bits per heavy atom. The number of hydrogen-bond acceptors (Lipinski definition) is 5. The second kappa shape index (κ2) is 5.74. The van der Waals surface area contributed by atoms with Gasteiger partial charge in [0.15, 0.2) is 0 Å². The smallest absolute Gasteiger partial charge is 0.241 e. The van der Waals surface area contributed by atoms with Crippen molar-refractivity contribution in [2.45, 2.75) is 0 Å². The molecule has 21 heavy (non-hydrogen) atoms. The highest BCUT2D eigenvalue weighted by Gasteiger charge is 2.11. The minimum atomic E-state index is -0.440. The second-order valence-electron chi connectivity index (χ2n) is 3.92. The van der Waals surface area contributed by atoms with Crippen LogP contribution < -0.4 is 5.32 Å². The quantitative estimate of drug-likeness (QED) is 0.767. The van der Waals surface area contributed by atoms with Crippen LogP contribution in [-0.2, 0) is 0 Å². The zero-order valence-corrected chi connectivity index (χ0v) is 12.7. The molecule has 0 aliphatic heterocycles. The maximum Gasteiger partial charge on any atom is 0.241 e. The van der Waals surface area contributed by atoms with Crippen molar-refractivity contribution in [3.63, 3.8) is 0 Å². The van der Waals surface area contributed by atoms with Gasteiger partial charge in [0.05, 0.1) is 5.69 Å². The van der Waals surface area contributed by atoms with Gasteiger partial charge >= 0.3 is 0 Å². The number of hydrogen-bond donors (Lipinski definition) is 1. The topological polar surface area (TPSA) is 68.5 Å². The van der Waals surface area contributed by atoms with E-state index < -0.39 is 5.82 Å². The molecule has 1 N–H and O–H groups in total. The van der Waals surface area contributed by atoms with Crippen LogP contribution in [0.15, 0.2) is 41.4 Å². The van der Waals surface area contributed by atoms with Gasteiger partial charge in [-0.25, -0.2) is 9.37 Å². The molecule has 9 heteroatoms. The average molecular weight is 370 g/mol. The summed E-state index contributed by atoms with van der Waals surface area (Å²) in [6, 6.07) is 4.61. The molecular formula is C12H7BrClFN6. The summed E-state index contributed by atoms with van der Waals surface area (Å²) < 4.78 is 15.9. The van der Waals surface area contributed by atoms with Crippen LogP contribution in [0.25, 0.3) is 5.95 Å². The largest absolute Gasteiger partial charge is 0.321 e. The molecule has 0 aliphatic carbocycles. The van der Waals surface area contributed by atoms with Crippen LogP contribution in [0, 0.1) is 5.82 Å². The molecule has 0 aliphatic rings. The van der Waals surface area contributed by atoms with Gasteiger partial charge in [-0.1, -0.05) is 6.07 Å². The summed E-state index contributed by atoms with van der Waals surface area (Å²) in [6.07, 6.45) is 4.77. The van der Waals surface area contributed by atoms with Gasteiger partial charge in [-0.2, -0.15) is 15.0 Å². The molecule has 1 aromatic carbocycles. The summed E-state index contributed by atoms with van der Waals surface area (Å²) in [5.41, 5.74) is 0.219. The highest BCUT2D eigenvalue weighted by Crippen LogP contribution is 2.27. The van der Waals surface area contributed by atoms with Crippen molar-refractivity contribution in [1.82, 2.24) is 24.5 Å². The van der Waals surface area contributed by atoms with E-state index in [0.717, 1.165) is 0 Å². The number of rotatable bonds is 3. The van der Waals surface area contributed by atoms with Crippen molar-refractivity contribution < 1.29 is 4.39 Å². The Hall–Kier alpha value is -2.06. The fraction of sp³-hybridized carbons (Fsp3) is 0. The summed E-state index contributed by atoms with van der Waals surface area (Å²) in [5, 5.41) is 2.77. The van der Waals surface area contributed by atoms with Crippen molar-refractivity contribution in [3.05, 3.63) is 52.5 Å². The number of nitrogens with one attached hydrogen (secondary N) is 1. The molecule has 3 aromatic rings. The average Bonchev–Trinajstić information content (AvgIpc) is 2.97. The summed E-state index contributed by atoms with van der Waals surface area (Å²) in [7, 11) is 0. The van der Waals surface area contributed by atoms with Gasteiger partial charge in [-0.05, 0) is 39.7 Å². The van der Waals surface area contributed by atoms with E-state index in [0.29, 0.717) is 4.47 Å². The summed E-state index contributed by atoms with van der Waals surface area (Å²) >= 11 is 9.13. The molecule has 3 rings (SSSR count). The molecule has 0 radical (unpaired) electrons. The maximum absolute atomic E-state index is 13.8. The summed E-state index contributed by atoms with van der Waals surface area (Å²) in [5.74, 6) is -0.0305. The third-order valence-corrected chi connectivity index (χ3v) is 3.36. The lowest BCUT2D eigenvalue weighted by molar-refractivity contribution is 0.631. The first kappa shape index (κ1) is 13.9. The first-order chi connectivity index (χ1) is 10.1. The van der Waals surface area contributed by atoms with Crippen LogP contribution in [0.4, 0.5) is 16.0 Å². The van der Waals surface area contributed by atoms with E-state index >= 15 is 0 Å². The Morgan fingerprint density at radius 3 is 2.81 bits per heavy atom. The van der Waals surface area contributed by atoms with Crippen LogP contribution in [-0.4, -0.2) is 24.5 Å². The molecule has 2 heterocycles. The number of anilines is 2. The van der Waals surface area contributed by atoms with Gasteiger partial charge in [-0.3, -0.25) is 4.57 Å². The van der Waals surface area contributed by atoms with Gasteiger partial charge in [0.1, 0.15) is 12.1 Å². The number of benzene rings is 1. The molecule has 106 valence electrons. The number of imidazole rings is 1. The number of nitrogens with zero attached hydrogens (tertiary/aromatic N) is 5. The second-order valence-corrected chi connectivity index (χ2v) is 5.11. The molecule has 0 bridgehead atoms. The van der Waals surface area contributed by atoms with E-state index in [2.05, 4.69) is 41.2 Å². The lowest BCUT2D eigenvalue weighted by Crippen LogP contribution is -2.06. The molecular weight excluding hydrogens is 363 g/mol. The molecule has 0 saturated carbocycles. The zero-order valence-electron chi connectivity index (χ0n) is 10.3. The van der Waals surface area contributed by atoms with Crippen molar-refractivity contribution in [3.8, 4) is 5.95 Å². The lowest BCUT2D eigenvalue weighted by Gasteiger charge is -2.09. The van der Waals surface area contributed by atoms with Crippen LogP contribution in [0.5, 0.6) is 0 Å². The Kier molecular flexibility index (Phi) is 3.80. The molecule has 0 fully saturated rings. The minimum absolute atomic E-state index is 0.0105. The summed E-state index contributed by atoms with van der Waals surface area (Å²) in [6.45, 7) is 0. The van der Waals surface area contributed by atoms with Crippen LogP contribution >= 0.6 is 27.5 Å². The van der Waals surface area contributed by atoms with E-state index in [-0.39, 0.29) is 22.9 Å². The van der Waals surface area contributed by atoms with Crippen molar-refractivity contribution in [1.29, 1.82) is 0 Å². The Labute approximate surface area is 132 Å². The predicted octanol–water partition coefficient (Wildman–Crippen LogP) is 3.36. The van der Waals surface area contributed by atoms with Gasteiger partial charge in [-0.15, -0.1) is 0 Å². The number of halogens is 3. The molecule has 0 spiro atoms. The van der Waals surface area contributed by atoms with Crippen molar-refractivity contribution in [2.24, 2.45) is 0 Å². The Bertz CT molecular complexity index is 759. The molecule has 0 unspecified atom stereocenters. The van der Waals surface area contributed by atoms with Gasteiger partial charge in [0, 0.05) is 16.9 Å². The molecule has 6 nitrogen and oxygen atoms in total. The molecule has 0 atom stereocenters. The zero-order chi connectivity index (χ0) is 14.8. The van der Waals surface area contributed by atoms with E-state index in [4.69, 9.17) is 11.6 Å². The third-order valence-electron chi connectivity index (χ3n) is 2.53. The van der Waals surface area contributed by atoms with Gasteiger partial charge in [0.25, 0.3) is 0 Å². The van der Waals surface area contributed by atoms with E-state index in [1.165, 1.54) is 12.4 Å². The summed E-state index contributed by atoms with van der Waals surface area (Å²) in [4.78, 5) is 16.0. The van der Waals surface area contributed by atoms with Crippen LogP contribution in [0.1, 0.15) is 0 Å². The standard InChI is InChI=1S/C12H7BrClFN6/c13-7-2-1-3-8(15)9(7)17-11-18-10(14)19-12(20-11)21-5-4-16-6-21/h1-6H,(H,17,18,19,20). The van der Waals surface area contributed by atoms with Gasteiger partial charge in [0.2, 0.25) is 17.2 Å². The monoisotopic (exact) mass is 368 g/mol. The van der Waals surface area contributed by atoms with Crippen LogP contribution in [0.3, 0.4) is 0 Å². The van der Waals surface area contributed by atoms with E-state index in [1.54, 1.807) is 29.1 Å². The number of aromatic nitrogens is 5. The maximum atomic E-state index is 13.8. The first-order valence-electron chi connectivity index (χ1n) is 5.74. The van der Waals surface area contributed by atoms with Gasteiger partial charge < -0.3 is 5.32 Å². The third kappa shape index (κ3) is 3.01. The lowest BCUT2D eigenvalue weighted by atomic mass is 10.3. The van der Waals surface area contributed by atoms with Crippen molar-refractivity contribution >= 4 is 39.2 Å². The fourth-order valence-electron chi connectivity index (χ4n) is 1.62. The van der Waals surface area contributed by atoms with Crippen molar-refractivity contribution in [2.75, 3.05) is 5.32 Å². The van der Waals surface area contributed by atoms with Crippen LogP contribution in [0.2, 0.25) is 5.28 Å². The fourth-order valence-corrected chi connectivity index (χ4v) is 2.21. The highest BCUT2D eigenvalue weighted by molar-refractivity contribution is 9.10.